The standard InChI is InChI=1S/C9H16N2O4/c1-2-6(8(10)12)11-3-4-15-5-7(11)9(13)14/h6-7H,2-5H2,1H3,(H2,10,12)(H,13,14). The van der Waals surface area contributed by atoms with Gasteiger partial charge in [-0.15, -0.1) is 0 Å². The minimum atomic E-state index is -0.977. The van der Waals surface area contributed by atoms with Gasteiger partial charge >= 0.3 is 5.97 Å². The van der Waals surface area contributed by atoms with Crippen LogP contribution in [0.4, 0.5) is 0 Å². The van der Waals surface area contributed by atoms with Gasteiger partial charge in [0.15, 0.2) is 0 Å². The number of carboxylic acids is 1. The summed E-state index contributed by atoms with van der Waals surface area (Å²) in [6, 6.07) is -1.29. The van der Waals surface area contributed by atoms with Gasteiger partial charge in [-0.05, 0) is 6.42 Å². The fourth-order valence-corrected chi connectivity index (χ4v) is 1.80. The van der Waals surface area contributed by atoms with Gasteiger partial charge in [-0.1, -0.05) is 6.92 Å². The van der Waals surface area contributed by atoms with Crippen LogP contribution in [0.25, 0.3) is 0 Å². The van der Waals surface area contributed by atoms with E-state index in [0.29, 0.717) is 19.6 Å². The third-order valence-electron chi connectivity index (χ3n) is 2.57. The van der Waals surface area contributed by atoms with E-state index in [4.69, 9.17) is 15.6 Å². The highest BCUT2D eigenvalue weighted by Gasteiger charge is 2.35. The van der Waals surface area contributed by atoms with Crippen LogP contribution in [0.5, 0.6) is 0 Å². The van der Waals surface area contributed by atoms with Gasteiger partial charge in [0.1, 0.15) is 6.04 Å². The topological polar surface area (TPSA) is 92.9 Å². The highest BCUT2D eigenvalue weighted by atomic mass is 16.5. The number of carbonyl (C=O) groups is 2. The molecule has 0 aromatic heterocycles. The molecule has 1 aliphatic rings. The first-order valence-electron chi connectivity index (χ1n) is 4.93. The van der Waals surface area contributed by atoms with Crippen LogP contribution in [0.3, 0.4) is 0 Å². The smallest absolute Gasteiger partial charge is 0.323 e. The van der Waals surface area contributed by atoms with E-state index in [0.717, 1.165) is 0 Å². The molecule has 2 atom stereocenters. The van der Waals surface area contributed by atoms with Crippen LogP contribution in [0.1, 0.15) is 13.3 Å². The predicted octanol–water partition coefficient (Wildman–Crippen LogP) is -0.964. The van der Waals surface area contributed by atoms with Crippen molar-refractivity contribution in [3.05, 3.63) is 0 Å². The maximum Gasteiger partial charge on any atom is 0.323 e. The lowest BCUT2D eigenvalue weighted by Gasteiger charge is -2.36. The maximum atomic E-state index is 11.1. The Morgan fingerprint density at radius 3 is 2.80 bits per heavy atom. The number of aliphatic carboxylic acids is 1. The molecule has 2 unspecified atom stereocenters. The largest absolute Gasteiger partial charge is 0.480 e. The Bertz CT molecular complexity index is 240. The molecule has 1 amide bonds. The predicted molar refractivity (Wildman–Crippen MR) is 52.2 cm³/mol. The minimum absolute atomic E-state index is 0.110. The summed E-state index contributed by atoms with van der Waals surface area (Å²) in [6.07, 6.45) is 0.513. The Morgan fingerprint density at radius 2 is 2.33 bits per heavy atom. The summed E-state index contributed by atoms with van der Waals surface area (Å²) in [4.78, 5) is 23.7. The number of hydrogen-bond donors (Lipinski definition) is 2. The molecule has 1 rings (SSSR count). The van der Waals surface area contributed by atoms with E-state index in [9.17, 15) is 9.59 Å². The van der Waals surface area contributed by atoms with Crippen molar-refractivity contribution in [2.24, 2.45) is 5.73 Å². The fourth-order valence-electron chi connectivity index (χ4n) is 1.80. The Morgan fingerprint density at radius 1 is 1.67 bits per heavy atom. The van der Waals surface area contributed by atoms with Crippen molar-refractivity contribution >= 4 is 11.9 Å². The lowest BCUT2D eigenvalue weighted by molar-refractivity contribution is -0.153. The number of carboxylic acid groups (broad SMARTS) is 1. The van der Waals surface area contributed by atoms with Crippen molar-refractivity contribution in [1.82, 2.24) is 4.90 Å². The first-order valence-corrected chi connectivity index (χ1v) is 4.93. The number of morpholine rings is 1. The molecule has 1 saturated heterocycles. The summed E-state index contributed by atoms with van der Waals surface area (Å²) >= 11 is 0. The Hall–Kier alpha value is -1.14. The average Bonchev–Trinajstić information content (AvgIpc) is 2.18. The van der Waals surface area contributed by atoms with E-state index in [1.807, 2.05) is 6.92 Å². The van der Waals surface area contributed by atoms with Gasteiger partial charge in [0.2, 0.25) is 5.91 Å². The Labute approximate surface area is 88.0 Å². The van der Waals surface area contributed by atoms with E-state index in [2.05, 4.69) is 0 Å². The molecule has 6 heteroatoms. The summed E-state index contributed by atoms with van der Waals surface area (Å²) in [5, 5.41) is 8.96. The van der Waals surface area contributed by atoms with Crippen LogP contribution in [0.15, 0.2) is 0 Å². The Kier molecular flexibility index (Phi) is 4.05. The molecule has 0 aliphatic carbocycles. The third-order valence-corrected chi connectivity index (χ3v) is 2.57. The van der Waals surface area contributed by atoms with Crippen molar-refractivity contribution < 1.29 is 19.4 Å². The van der Waals surface area contributed by atoms with E-state index in [-0.39, 0.29) is 6.61 Å². The van der Waals surface area contributed by atoms with Gasteiger partial charge in [-0.2, -0.15) is 0 Å². The number of nitrogens with two attached hydrogens (primary N) is 1. The van der Waals surface area contributed by atoms with Gasteiger partial charge in [-0.25, -0.2) is 0 Å². The highest BCUT2D eigenvalue weighted by Crippen LogP contribution is 2.13. The van der Waals surface area contributed by atoms with Gasteiger partial charge in [0, 0.05) is 6.54 Å². The SMILES string of the molecule is CCC(C(N)=O)N1CCOCC1C(=O)O. The normalized spacial score (nSPS) is 24.7. The second kappa shape index (κ2) is 5.09. The first-order chi connectivity index (χ1) is 7.07. The summed E-state index contributed by atoms with van der Waals surface area (Å²) < 4.78 is 5.07. The van der Waals surface area contributed by atoms with Gasteiger partial charge in [0.25, 0.3) is 0 Å². The molecule has 0 aromatic carbocycles. The van der Waals surface area contributed by atoms with E-state index in [1.54, 1.807) is 4.90 Å². The fraction of sp³-hybridized carbons (Fsp3) is 0.778. The summed E-state index contributed by atoms with van der Waals surface area (Å²) in [5.74, 6) is -1.46. The average molecular weight is 216 g/mol. The zero-order valence-electron chi connectivity index (χ0n) is 8.68. The number of nitrogens with zero attached hydrogens (tertiary/aromatic N) is 1. The molecule has 86 valence electrons. The zero-order chi connectivity index (χ0) is 11.4. The lowest BCUT2D eigenvalue weighted by Crippen LogP contribution is -2.57. The summed E-state index contributed by atoms with van der Waals surface area (Å²) in [6.45, 7) is 2.79. The molecule has 6 nitrogen and oxygen atoms in total. The zero-order valence-corrected chi connectivity index (χ0v) is 8.68. The van der Waals surface area contributed by atoms with Crippen LogP contribution >= 0.6 is 0 Å². The molecule has 0 saturated carbocycles. The number of hydrogen-bond acceptors (Lipinski definition) is 4. The van der Waals surface area contributed by atoms with Crippen LogP contribution in [-0.2, 0) is 14.3 Å². The van der Waals surface area contributed by atoms with Crippen molar-refractivity contribution in [2.45, 2.75) is 25.4 Å². The van der Waals surface area contributed by atoms with E-state index >= 15 is 0 Å². The molecule has 0 aromatic rings. The highest BCUT2D eigenvalue weighted by molar-refractivity contribution is 5.81. The molecular formula is C9H16N2O4. The van der Waals surface area contributed by atoms with E-state index < -0.39 is 24.0 Å². The second-order valence-corrected chi connectivity index (χ2v) is 3.49. The second-order valence-electron chi connectivity index (χ2n) is 3.49. The van der Waals surface area contributed by atoms with Crippen molar-refractivity contribution in [1.29, 1.82) is 0 Å². The molecule has 0 spiro atoms. The van der Waals surface area contributed by atoms with Crippen LogP contribution in [0, 0.1) is 0 Å². The van der Waals surface area contributed by atoms with Crippen molar-refractivity contribution in [2.75, 3.05) is 19.8 Å². The summed E-state index contributed by atoms with van der Waals surface area (Å²) in [5.41, 5.74) is 5.23. The number of ether oxygens (including phenoxy) is 1. The number of rotatable bonds is 4. The first kappa shape index (κ1) is 11.9. The third kappa shape index (κ3) is 2.66. The number of amides is 1. The molecule has 1 aliphatic heterocycles. The van der Waals surface area contributed by atoms with Gasteiger partial charge < -0.3 is 15.6 Å². The van der Waals surface area contributed by atoms with Crippen molar-refractivity contribution in [3.63, 3.8) is 0 Å². The quantitative estimate of drug-likeness (QED) is 0.631. The van der Waals surface area contributed by atoms with E-state index in [1.165, 1.54) is 0 Å². The molecule has 1 heterocycles. The summed E-state index contributed by atoms with van der Waals surface area (Å²) in [7, 11) is 0. The maximum absolute atomic E-state index is 11.1. The van der Waals surface area contributed by atoms with Gasteiger partial charge in [-0.3, -0.25) is 14.5 Å². The lowest BCUT2D eigenvalue weighted by atomic mass is 10.1. The van der Waals surface area contributed by atoms with Crippen molar-refractivity contribution in [3.8, 4) is 0 Å². The van der Waals surface area contributed by atoms with Crippen LogP contribution in [-0.4, -0.2) is 53.7 Å². The van der Waals surface area contributed by atoms with Gasteiger partial charge in [0.05, 0.1) is 19.3 Å². The molecular weight excluding hydrogens is 200 g/mol. The molecule has 0 bridgehead atoms. The number of carbonyl (C=O) groups excluding carboxylic acids is 1. The minimum Gasteiger partial charge on any atom is -0.480 e. The van der Waals surface area contributed by atoms with Crippen LogP contribution in [0.2, 0.25) is 0 Å². The molecule has 1 fully saturated rings. The molecule has 15 heavy (non-hydrogen) atoms. The molecule has 0 radical (unpaired) electrons. The number of primary amides is 1. The Balaban J connectivity index is 2.78. The monoisotopic (exact) mass is 216 g/mol. The molecule has 3 N–H and O–H groups in total. The van der Waals surface area contributed by atoms with Crippen LogP contribution < -0.4 is 5.73 Å².